The third kappa shape index (κ3) is 4.93. The minimum absolute atomic E-state index is 0.202. The van der Waals surface area contributed by atoms with Gasteiger partial charge in [-0.3, -0.25) is 10.1 Å². The van der Waals surface area contributed by atoms with Crippen molar-refractivity contribution in [1.82, 2.24) is 4.98 Å². The van der Waals surface area contributed by atoms with Gasteiger partial charge in [-0.1, -0.05) is 17.4 Å². The van der Waals surface area contributed by atoms with Crippen molar-refractivity contribution >= 4 is 28.3 Å². The standard InChI is InChI=1S/C17H20N2O5S/c1-5-23-16(21)15-11(3)18-17(25-15)19-14(20)9-24-12-7-6-10(2)8-13(12)22-4/h6-8H,5,9H2,1-4H3,(H,18,19,20). The predicted molar refractivity (Wildman–Crippen MR) is 94.7 cm³/mol. The molecule has 0 aliphatic carbocycles. The van der Waals surface area contributed by atoms with Crippen molar-refractivity contribution in [3.63, 3.8) is 0 Å². The lowest BCUT2D eigenvalue weighted by Crippen LogP contribution is -2.20. The number of nitrogens with one attached hydrogen (secondary N) is 1. The lowest BCUT2D eigenvalue weighted by Gasteiger charge is -2.10. The van der Waals surface area contributed by atoms with Crippen LogP contribution in [0.2, 0.25) is 0 Å². The molecule has 2 rings (SSSR count). The van der Waals surface area contributed by atoms with Gasteiger partial charge in [0.15, 0.2) is 23.2 Å². The number of hydrogen-bond acceptors (Lipinski definition) is 7. The van der Waals surface area contributed by atoms with E-state index in [-0.39, 0.29) is 19.1 Å². The molecule has 1 aromatic heterocycles. The highest BCUT2D eigenvalue weighted by Gasteiger charge is 2.18. The number of amides is 1. The molecule has 2 aromatic rings. The molecule has 0 atom stereocenters. The summed E-state index contributed by atoms with van der Waals surface area (Å²) in [6, 6.07) is 5.43. The van der Waals surface area contributed by atoms with Gasteiger partial charge < -0.3 is 14.2 Å². The highest BCUT2D eigenvalue weighted by atomic mass is 32.1. The third-order valence-electron chi connectivity index (χ3n) is 3.18. The lowest BCUT2D eigenvalue weighted by atomic mass is 10.2. The molecule has 0 fully saturated rings. The molecular formula is C17H20N2O5S. The summed E-state index contributed by atoms with van der Waals surface area (Å²) < 4.78 is 15.7. The fraction of sp³-hybridized carbons (Fsp3) is 0.353. The average molecular weight is 364 g/mol. The number of ether oxygens (including phenoxy) is 3. The molecule has 0 unspecified atom stereocenters. The van der Waals surface area contributed by atoms with Crippen molar-refractivity contribution in [1.29, 1.82) is 0 Å². The first-order valence-electron chi connectivity index (χ1n) is 7.66. The number of esters is 1. The minimum Gasteiger partial charge on any atom is -0.493 e. The topological polar surface area (TPSA) is 86.8 Å². The summed E-state index contributed by atoms with van der Waals surface area (Å²) >= 11 is 1.07. The largest absolute Gasteiger partial charge is 0.493 e. The van der Waals surface area contributed by atoms with Crippen molar-refractivity contribution in [2.75, 3.05) is 25.6 Å². The van der Waals surface area contributed by atoms with E-state index in [0.29, 0.717) is 27.2 Å². The Morgan fingerprint density at radius 1 is 1.24 bits per heavy atom. The Kier molecular flexibility index (Phi) is 6.35. The monoisotopic (exact) mass is 364 g/mol. The van der Waals surface area contributed by atoms with Crippen LogP contribution >= 0.6 is 11.3 Å². The molecule has 1 N–H and O–H groups in total. The smallest absolute Gasteiger partial charge is 0.350 e. The second-order valence-electron chi connectivity index (χ2n) is 5.15. The molecule has 0 aliphatic rings. The molecule has 0 radical (unpaired) electrons. The van der Waals surface area contributed by atoms with Gasteiger partial charge in [-0.25, -0.2) is 9.78 Å². The Bertz CT molecular complexity index is 772. The maximum absolute atomic E-state index is 12.0. The zero-order valence-electron chi connectivity index (χ0n) is 14.5. The number of methoxy groups -OCH3 is 1. The lowest BCUT2D eigenvalue weighted by molar-refractivity contribution is -0.118. The summed E-state index contributed by atoms with van der Waals surface area (Å²) in [5.41, 5.74) is 1.54. The number of benzene rings is 1. The first-order chi connectivity index (χ1) is 11.9. The van der Waals surface area contributed by atoms with Crippen LogP contribution in [-0.4, -0.2) is 37.2 Å². The van der Waals surface area contributed by atoms with Crippen LogP contribution in [-0.2, 0) is 9.53 Å². The fourth-order valence-electron chi connectivity index (χ4n) is 2.03. The zero-order valence-corrected chi connectivity index (χ0v) is 15.4. The third-order valence-corrected chi connectivity index (χ3v) is 4.23. The Morgan fingerprint density at radius 2 is 2.00 bits per heavy atom. The Labute approximate surface area is 149 Å². The number of aryl methyl sites for hydroxylation is 2. The van der Waals surface area contributed by atoms with Crippen molar-refractivity contribution in [3.8, 4) is 11.5 Å². The van der Waals surface area contributed by atoms with Gasteiger partial charge in [-0.05, 0) is 38.5 Å². The molecule has 0 saturated heterocycles. The number of anilines is 1. The second kappa shape index (κ2) is 8.48. The van der Waals surface area contributed by atoms with Crippen molar-refractivity contribution in [3.05, 3.63) is 34.3 Å². The Morgan fingerprint density at radius 3 is 2.68 bits per heavy atom. The van der Waals surface area contributed by atoms with E-state index in [2.05, 4.69) is 10.3 Å². The molecule has 1 aromatic carbocycles. The highest BCUT2D eigenvalue weighted by molar-refractivity contribution is 7.17. The number of hydrogen-bond donors (Lipinski definition) is 1. The molecule has 0 aliphatic heterocycles. The number of carbonyl (C=O) groups excluding carboxylic acids is 2. The molecule has 0 saturated carbocycles. The summed E-state index contributed by atoms with van der Waals surface area (Å²) in [5.74, 6) is 0.207. The fourth-order valence-corrected chi connectivity index (χ4v) is 2.91. The van der Waals surface area contributed by atoms with Crippen LogP contribution < -0.4 is 14.8 Å². The molecule has 25 heavy (non-hydrogen) atoms. The summed E-state index contributed by atoms with van der Waals surface area (Å²) in [7, 11) is 1.54. The Balaban J connectivity index is 1.97. The second-order valence-corrected chi connectivity index (χ2v) is 6.14. The van der Waals surface area contributed by atoms with Gasteiger partial charge in [0.05, 0.1) is 19.4 Å². The number of carbonyl (C=O) groups is 2. The van der Waals surface area contributed by atoms with E-state index in [0.717, 1.165) is 16.9 Å². The van der Waals surface area contributed by atoms with Crippen LogP contribution in [0.15, 0.2) is 18.2 Å². The van der Waals surface area contributed by atoms with E-state index in [9.17, 15) is 9.59 Å². The van der Waals surface area contributed by atoms with Crippen molar-refractivity contribution in [2.24, 2.45) is 0 Å². The van der Waals surface area contributed by atoms with Crippen LogP contribution in [0.4, 0.5) is 5.13 Å². The number of rotatable bonds is 7. The van der Waals surface area contributed by atoms with Gasteiger partial charge >= 0.3 is 5.97 Å². The number of aromatic nitrogens is 1. The molecular weight excluding hydrogens is 344 g/mol. The van der Waals surface area contributed by atoms with Crippen LogP contribution in [0.25, 0.3) is 0 Å². The quantitative estimate of drug-likeness (QED) is 0.760. The minimum atomic E-state index is -0.446. The molecule has 7 nitrogen and oxygen atoms in total. The van der Waals surface area contributed by atoms with Gasteiger partial charge in [0.1, 0.15) is 4.88 Å². The number of nitrogens with zero attached hydrogens (tertiary/aromatic N) is 1. The van der Waals surface area contributed by atoms with Crippen LogP contribution in [0.1, 0.15) is 27.9 Å². The van der Waals surface area contributed by atoms with Gasteiger partial charge in [0.25, 0.3) is 5.91 Å². The van der Waals surface area contributed by atoms with E-state index < -0.39 is 5.97 Å². The average Bonchev–Trinajstić information content (AvgIpc) is 2.94. The van der Waals surface area contributed by atoms with E-state index in [1.807, 2.05) is 19.1 Å². The molecule has 8 heteroatoms. The summed E-state index contributed by atoms with van der Waals surface area (Å²) in [6.45, 7) is 5.43. The first-order valence-corrected chi connectivity index (χ1v) is 8.48. The van der Waals surface area contributed by atoms with Crippen molar-refractivity contribution < 1.29 is 23.8 Å². The van der Waals surface area contributed by atoms with Gasteiger partial charge in [0, 0.05) is 0 Å². The maximum atomic E-state index is 12.0. The molecule has 1 amide bonds. The van der Waals surface area contributed by atoms with Crippen LogP contribution in [0, 0.1) is 13.8 Å². The summed E-state index contributed by atoms with van der Waals surface area (Å²) in [5, 5.41) is 2.94. The maximum Gasteiger partial charge on any atom is 0.350 e. The van der Waals surface area contributed by atoms with Gasteiger partial charge in [0.2, 0.25) is 0 Å². The Hall–Kier alpha value is -2.61. The van der Waals surface area contributed by atoms with E-state index in [1.54, 1.807) is 19.9 Å². The van der Waals surface area contributed by atoms with Crippen molar-refractivity contribution in [2.45, 2.75) is 20.8 Å². The van der Waals surface area contributed by atoms with Gasteiger partial charge in [-0.15, -0.1) is 0 Å². The molecule has 0 spiro atoms. The first kappa shape index (κ1) is 18.7. The van der Waals surface area contributed by atoms with Gasteiger partial charge in [-0.2, -0.15) is 0 Å². The summed E-state index contributed by atoms with van der Waals surface area (Å²) in [6.07, 6.45) is 0. The molecule has 1 heterocycles. The SMILES string of the molecule is CCOC(=O)c1sc(NC(=O)COc2ccc(C)cc2OC)nc1C. The zero-order chi connectivity index (χ0) is 18.4. The van der Waals surface area contributed by atoms with E-state index in [1.165, 1.54) is 7.11 Å². The highest BCUT2D eigenvalue weighted by Crippen LogP contribution is 2.28. The van der Waals surface area contributed by atoms with E-state index in [4.69, 9.17) is 14.2 Å². The molecule has 0 bridgehead atoms. The molecule has 134 valence electrons. The number of thiazole rings is 1. The summed E-state index contributed by atoms with van der Waals surface area (Å²) in [4.78, 5) is 28.3. The predicted octanol–water partition coefficient (Wildman–Crippen LogP) is 2.96. The van der Waals surface area contributed by atoms with Crippen LogP contribution in [0.3, 0.4) is 0 Å². The van der Waals surface area contributed by atoms with Crippen LogP contribution in [0.5, 0.6) is 11.5 Å². The normalized spacial score (nSPS) is 10.2. The van der Waals surface area contributed by atoms with E-state index >= 15 is 0 Å².